The number of aryl methyl sites for hydroxylation is 2. The molecule has 0 aromatic heterocycles. The molecule has 0 saturated carbocycles. The van der Waals surface area contributed by atoms with E-state index in [1.807, 2.05) is 66.1 Å². The highest BCUT2D eigenvalue weighted by atomic mass is 16.5. The van der Waals surface area contributed by atoms with Crippen LogP contribution in [-0.4, -0.2) is 54.9 Å². The van der Waals surface area contributed by atoms with Gasteiger partial charge in [-0.25, -0.2) is 0 Å². The number of hydrogen-bond donors (Lipinski definition) is 0. The summed E-state index contributed by atoms with van der Waals surface area (Å²) >= 11 is 0. The van der Waals surface area contributed by atoms with Gasteiger partial charge in [-0.05, 0) is 36.6 Å². The van der Waals surface area contributed by atoms with Crippen molar-refractivity contribution in [2.45, 2.75) is 20.3 Å². The lowest BCUT2D eigenvalue weighted by atomic mass is 10.0. The topological polar surface area (TPSA) is 49.9 Å². The summed E-state index contributed by atoms with van der Waals surface area (Å²) in [4.78, 5) is 29.2. The molecule has 0 radical (unpaired) electrons. The third kappa shape index (κ3) is 4.30. The summed E-state index contributed by atoms with van der Waals surface area (Å²) < 4.78 is 5.43. The van der Waals surface area contributed by atoms with Gasteiger partial charge in [0.25, 0.3) is 5.91 Å². The van der Waals surface area contributed by atoms with E-state index in [0.29, 0.717) is 43.9 Å². The predicted molar refractivity (Wildman–Crippen MR) is 105 cm³/mol. The minimum atomic E-state index is -0.0282. The number of rotatable bonds is 4. The molecule has 0 N–H and O–H groups in total. The molecule has 2 amide bonds. The number of methoxy groups -OCH3 is 1. The summed E-state index contributed by atoms with van der Waals surface area (Å²) in [7, 11) is 1.59. The Morgan fingerprint density at radius 1 is 0.963 bits per heavy atom. The number of amides is 2. The molecule has 0 spiro atoms. The van der Waals surface area contributed by atoms with Gasteiger partial charge >= 0.3 is 0 Å². The zero-order valence-corrected chi connectivity index (χ0v) is 16.2. The first-order valence-corrected chi connectivity index (χ1v) is 9.26. The van der Waals surface area contributed by atoms with E-state index in [-0.39, 0.29) is 11.8 Å². The van der Waals surface area contributed by atoms with E-state index in [9.17, 15) is 9.59 Å². The van der Waals surface area contributed by atoms with Crippen LogP contribution in [0.5, 0.6) is 5.75 Å². The summed E-state index contributed by atoms with van der Waals surface area (Å²) in [5.41, 5.74) is 3.62. The molecule has 1 saturated heterocycles. The monoisotopic (exact) mass is 366 g/mol. The second kappa shape index (κ2) is 8.25. The summed E-state index contributed by atoms with van der Waals surface area (Å²) in [5.74, 6) is 0.692. The van der Waals surface area contributed by atoms with Crippen molar-refractivity contribution in [1.82, 2.24) is 9.80 Å². The number of piperazine rings is 1. The molecule has 2 aromatic carbocycles. The summed E-state index contributed by atoms with van der Waals surface area (Å²) in [6, 6.07) is 13.6. The van der Waals surface area contributed by atoms with Gasteiger partial charge in [-0.3, -0.25) is 9.59 Å². The van der Waals surface area contributed by atoms with Gasteiger partial charge in [-0.15, -0.1) is 0 Å². The predicted octanol–water partition coefficient (Wildman–Crippen LogP) is 2.84. The molecular weight excluding hydrogens is 340 g/mol. The van der Waals surface area contributed by atoms with E-state index in [1.54, 1.807) is 7.11 Å². The summed E-state index contributed by atoms with van der Waals surface area (Å²) in [5, 5.41) is 0. The third-order valence-corrected chi connectivity index (χ3v) is 5.00. The van der Waals surface area contributed by atoms with Crippen LogP contribution in [0.4, 0.5) is 0 Å². The molecule has 0 bridgehead atoms. The largest absolute Gasteiger partial charge is 0.496 e. The van der Waals surface area contributed by atoms with E-state index in [0.717, 1.165) is 16.7 Å². The Morgan fingerprint density at radius 3 is 2.22 bits per heavy atom. The van der Waals surface area contributed by atoms with E-state index in [4.69, 9.17) is 4.74 Å². The number of carbonyl (C=O) groups is 2. The van der Waals surface area contributed by atoms with Crippen molar-refractivity contribution in [3.63, 3.8) is 0 Å². The normalized spacial score (nSPS) is 14.2. The maximum absolute atomic E-state index is 13.0. The van der Waals surface area contributed by atoms with Crippen LogP contribution in [0, 0.1) is 13.8 Å². The molecule has 1 aliphatic heterocycles. The maximum atomic E-state index is 13.0. The van der Waals surface area contributed by atoms with Crippen LogP contribution < -0.4 is 4.74 Å². The molecule has 142 valence electrons. The number of carbonyl (C=O) groups excluding carboxylic acids is 2. The molecule has 1 aliphatic rings. The van der Waals surface area contributed by atoms with E-state index in [1.165, 1.54) is 0 Å². The maximum Gasteiger partial charge on any atom is 0.258 e. The van der Waals surface area contributed by atoms with Crippen LogP contribution in [0.15, 0.2) is 42.5 Å². The van der Waals surface area contributed by atoms with Crippen molar-refractivity contribution >= 4 is 11.8 Å². The van der Waals surface area contributed by atoms with Gasteiger partial charge in [0.05, 0.1) is 19.1 Å². The molecule has 27 heavy (non-hydrogen) atoms. The molecule has 5 heteroatoms. The third-order valence-electron chi connectivity index (χ3n) is 5.00. The quantitative estimate of drug-likeness (QED) is 0.836. The van der Waals surface area contributed by atoms with Crippen LogP contribution in [0.1, 0.15) is 27.0 Å². The average Bonchev–Trinajstić information content (AvgIpc) is 2.67. The Hall–Kier alpha value is -2.82. The first-order valence-electron chi connectivity index (χ1n) is 9.26. The number of ether oxygens (including phenoxy) is 1. The lowest BCUT2D eigenvalue weighted by Gasteiger charge is -2.35. The van der Waals surface area contributed by atoms with E-state index >= 15 is 0 Å². The Balaban J connectivity index is 1.64. The molecule has 0 atom stereocenters. The summed E-state index contributed by atoms with van der Waals surface area (Å²) in [6.45, 7) is 6.12. The van der Waals surface area contributed by atoms with Crippen molar-refractivity contribution < 1.29 is 14.3 Å². The Bertz CT molecular complexity index is 825. The fourth-order valence-corrected chi connectivity index (χ4v) is 3.56. The molecule has 0 aliphatic carbocycles. The van der Waals surface area contributed by atoms with Crippen LogP contribution in [-0.2, 0) is 11.2 Å². The number of benzene rings is 2. The van der Waals surface area contributed by atoms with Crippen molar-refractivity contribution in [1.29, 1.82) is 0 Å². The van der Waals surface area contributed by atoms with E-state index in [2.05, 4.69) is 0 Å². The smallest absolute Gasteiger partial charge is 0.258 e. The highest BCUT2D eigenvalue weighted by Gasteiger charge is 2.27. The van der Waals surface area contributed by atoms with Crippen LogP contribution in [0.2, 0.25) is 0 Å². The Morgan fingerprint density at radius 2 is 1.59 bits per heavy atom. The first-order chi connectivity index (χ1) is 13.0. The SMILES string of the molecule is COc1cc(C)cc(C)c1C(=O)N1CCN(C(=O)Cc2ccccc2)CC1. The van der Waals surface area contributed by atoms with Crippen molar-refractivity contribution in [2.24, 2.45) is 0 Å². The van der Waals surface area contributed by atoms with Crippen molar-refractivity contribution in [2.75, 3.05) is 33.3 Å². The zero-order valence-electron chi connectivity index (χ0n) is 16.2. The summed E-state index contributed by atoms with van der Waals surface area (Å²) in [6.07, 6.45) is 0.402. The van der Waals surface area contributed by atoms with Crippen LogP contribution in [0.3, 0.4) is 0 Å². The molecular formula is C22H26N2O3. The van der Waals surface area contributed by atoms with Crippen molar-refractivity contribution in [3.05, 3.63) is 64.7 Å². The Kier molecular flexibility index (Phi) is 5.79. The lowest BCUT2D eigenvalue weighted by molar-refractivity contribution is -0.131. The fraction of sp³-hybridized carbons (Fsp3) is 0.364. The molecule has 2 aromatic rings. The second-order valence-corrected chi connectivity index (χ2v) is 6.99. The van der Waals surface area contributed by atoms with Crippen LogP contribution >= 0.6 is 0 Å². The first kappa shape index (κ1) is 19.0. The lowest BCUT2D eigenvalue weighted by Crippen LogP contribution is -2.51. The minimum absolute atomic E-state index is 0.0282. The molecule has 0 unspecified atom stereocenters. The minimum Gasteiger partial charge on any atom is -0.496 e. The van der Waals surface area contributed by atoms with Crippen LogP contribution in [0.25, 0.3) is 0 Å². The molecule has 3 rings (SSSR count). The number of nitrogens with zero attached hydrogens (tertiary/aromatic N) is 2. The highest BCUT2D eigenvalue weighted by Crippen LogP contribution is 2.26. The van der Waals surface area contributed by atoms with Gasteiger partial charge in [0.2, 0.25) is 5.91 Å². The second-order valence-electron chi connectivity index (χ2n) is 6.99. The van der Waals surface area contributed by atoms with E-state index < -0.39 is 0 Å². The van der Waals surface area contributed by atoms with Gasteiger partial charge in [0, 0.05) is 26.2 Å². The van der Waals surface area contributed by atoms with Gasteiger partial charge < -0.3 is 14.5 Å². The fourth-order valence-electron chi connectivity index (χ4n) is 3.56. The zero-order chi connectivity index (χ0) is 19.4. The Labute approximate surface area is 160 Å². The molecule has 1 fully saturated rings. The standard InChI is InChI=1S/C22H26N2O3/c1-16-13-17(2)21(19(14-16)27-3)22(26)24-11-9-23(10-12-24)20(25)15-18-7-5-4-6-8-18/h4-8,13-14H,9-12,15H2,1-3H3. The number of hydrogen-bond acceptors (Lipinski definition) is 3. The molecule has 1 heterocycles. The van der Waals surface area contributed by atoms with Gasteiger partial charge in [-0.2, -0.15) is 0 Å². The van der Waals surface area contributed by atoms with Gasteiger partial charge in [0.1, 0.15) is 5.75 Å². The van der Waals surface area contributed by atoms with Gasteiger partial charge in [0.15, 0.2) is 0 Å². The van der Waals surface area contributed by atoms with Crippen molar-refractivity contribution in [3.8, 4) is 5.75 Å². The average molecular weight is 366 g/mol. The van der Waals surface area contributed by atoms with Gasteiger partial charge in [-0.1, -0.05) is 36.4 Å². The molecule has 5 nitrogen and oxygen atoms in total. The highest BCUT2D eigenvalue weighted by molar-refractivity contribution is 5.98.